The fourth-order valence-corrected chi connectivity index (χ4v) is 2.66. The Morgan fingerprint density at radius 2 is 1.89 bits per heavy atom. The SMILES string of the molecule is CC(C)N1CCN(C(=O)c2ccc(N)c(Br)c2)CC1. The van der Waals surface area contributed by atoms with E-state index in [-0.39, 0.29) is 5.91 Å². The van der Waals surface area contributed by atoms with Crippen LogP contribution in [0.2, 0.25) is 0 Å². The van der Waals surface area contributed by atoms with Crippen LogP contribution in [0.3, 0.4) is 0 Å². The lowest BCUT2D eigenvalue weighted by molar-refractivity contribution is 0.0595. The summed E-state index contributed by atoms with van der Waals surface area (Å²) in [6.45, 7) is 7.85. The van der Waals surface area contributed by atoms with E-state index < -0.39 is 0 Å². The molecule has 2 rings (SSSR count). The average Bonchev–Trinajstić information content (AvgIpc) is 2.41. The lowest BCUT2D eigenvalue weighted by Gasteiger charge is -2.37. The summed E-state index contributed by atoms with van der Waals surface area (Å²) in [6, 6.07) is 5.90. The number of nitrogens with two attached hydrogens (primary N) is 1. The molecule has 0 atom stereocenters. The van der Waals surface area contributed by atoms with Gasteiger partial charge in [0.25, 0.3) is 5.91 Å². The Kier molecular flexibility index (Phi) is 4.47. The van der Waals surface area contributed by atoms with Gasteiger partial charge in [-0.2, -0.15) is 0 Å². The van der Waals surface area contributed by atoms with Crippen LogP contribution >= 0.6 is 15.9 Å². The topological polar surface area (TPSA) is 49.6 Å². The van der Waals surface area contributed by atoms with Gasteiger partial charge in [-0.25, -0.2) is 0 Å². The van der Waals surface area contributed by atoms with Gasteiger partial charge in [-0.15, -0.1) is 0 Å². The summed E-state index contributed by atoms with van der Waals surface area (Å²) < 4.78 is 0.777. The third-order valence-electron chi connectivity index (χ3n) is 3.58. The molecule has 4 nitrogen and oxygen atoms in total. The van der Waals surface area contributed by atoms with Crippen molar-refractivity contribution < 1.29 is 4.79 Å². The molecule has 1 fully saturated rings. The minimum atomic E-state index is 0.0871. The van der Waals surface area contributed by atoms with Gasteiger partial charge in [-0.05, 0) is 48.0 Å². The molecule has 0 aliphatic carbocycles. The minimum Gasteiger partial charge on any atom is -0.398 e. The number of benzene rings is 1. The first-order valence-electron chi connectivity index (χ1n) is 6.57. The van der Waals surface area contributed by atoms with Crippen LogP contribution in [0.5, 0.6) is 0 Å². The number of hydrogen-bond acceptors (Lipinski definition) is 3. The van der Waals surface area contributed by atoms with Gasteiger partial charge in [0.05, 0.1) is 0 Å². The summed E-state index contributed by atoms with van der Waals surface area (Å²) in [5.41, 5.74) is 7.09. The number of nitrogen functional groups attached to an aromatic ring is 1. The van der Waals surface area contributed by atoms with Crippen molar-refractivity contribution in [3.63, 3.8) is 0 Å². The highest BCUT2D eigenvalue weighted by molar-refractivity contribution is 9.10. The first-order valence-corrected chi connectivity index (χ1v) is 7.36. The number of carbonyl (C=O) groups excluding carboxylic acids is 1. The minimum absolute atomic E-state index is 0.0871. The quantitative estimate of drug-likeness (QED) is 0.848. The van der Waals surface area contributed by atoms with Crippen LogP contribution < -0.4 is 5.73 Å². The number of rotatable bonds is 2. The van der Waals surface area contributed by atoms with E-state index in [1.807, 2.05) is 4.90 Å². The van der Waals surface area contributed by atoms with E-state index in [1.165, 1.54) is 0 Å². The molecule has 1 amide bonds. The molecule has 1 aromatic carbocycles. The maximum absolute atomic E-state index is 12.4. The van der Waals surface area contributed by atoms with Crippen LogP contribution in [0.1, 0.15) is 24.2 Å². The number of anilines is 1. The van der Waals surface area contributed by atoms with Gasteiger partial charge in [0.2, 0.25) is 0 Å². The summed E-state index contributed by atoms with van der Waals surface area (Å²) in [6.07, 6.45) is 0. The first kappa shape index (κ1) is 14.3. The molecular weight excluding hydrogens is 306 g/mol. The fourth-order valence-electron chi connectivity index (χ4n) is 2.28. The molecule has 1 aromatic rings. The Hall–Kier alpha value is -1.07. The van der Waals surface area contributed by atoms with Crippen LogP contribution in [-0.4, -0.2) is 47.9 Å². The summed E-state index contributed by atoms with van der Waals surface area (Å²) in [7, 11) is 0. The first-order chi connectivity index (χ1) is 8.99. The van der Waals surface area contributed by atoms with Crippen LogP contribution in [0.4, 0.5) is 5.69 Å². The second-order valence-electron chi connectivity index (χ2n) is 5.16. The van der Waals surface area contributed by atoms with E-state index in [0.717, 1.165) is 30.7 Å². The summed E-state index contributed by atoms with van der Waals surface area (Å²) in [5, 5.41) is 0. The fraction of sp³-hybridized carbons (Fsp3) is 0.500. The highest BCUT2D eigenvalue weighted by Crippen LogP contribution is 2.21. The lowest BCUT2D eigenvalue weighted by atomic mass is 10.1. The van der Waals surface area contributed by atoms with Crippen molar-refractivity contribution in [1.29, 1.82) is 0 Å². The molecule has 19 heavy (non-hydrogen) atoms. The standard InChI is InChI=1S/C14H20BrN3O/c1-10(2)17-5-7-18(8-6-17)14(19)11-3-4-13(16)12(15)9-11/h3-4,9-10H,5-8,16H2,1-2H3. The monoisotopic (exact) mass is 325 g/mol. The molecule has 5 heteroatoms. The van der Waals surface area contributed by atoms with Crippen molar-refractivity contribution >= 4 is 27.5 Å². The normalized spacial score (nSPS) is 16.9. The zero-order chi connectivity index (χ0) is 14.0. The molecule has 1 aliphatic heterocycles. The van der Waals surface area contributed by atoms with Gasteiger partial charge in [0, 0.05) is 47.9 Å². The van der Waals surface area contributed by atoms with Crippen molar-refractivity contribution in [2.75, 3.05) is 31.9 Å². The molecule has 0 aromatic heterocycles. The Morgan fingerprint density at radius 1 is 1.26 bits per heavy atom. The maximum atomic E-state index is 12.4. The molecule has 1 saturated heterocycles. The number of hydrogen-bond donors (Lipinski definition) is 1. The van der Waals surface area contributed by atoms with Gasteiger partial charge in [0.1, 0.15) is 0 Å². The van der Waals surface area contributed by atoms with Crippen LogP contribution in [-0.2, 0) is 0 Å². The molecule has 0 radical (unpaired) electrons. The number of nitrogens with zero attached hydrogens (tertiary/aromatic N) is 2. The predicted molar refractivity (Wildman–Crippen MR) is 81.2 cm³/mol. The Morgan fingerprint density at radius 3 is 2.42 bits per heavy atom. The molecule has 0 saturated carbocycles. The van der Waals surface area contributed by atoms with Gasteiger partial charge < -0.3 is 10.6 Å². The molecule has 2 N–H and O–H groups in total. The number of piperazine rings is 1. The highest BCUT2D eigenvalue weighted by atomic mass is 79.9. The second kappa shape index (κ2) is 5.92. The lowest BCUT2D eigenvalue weighted by Crippen LogP contribution is -2.50. The second-order valence-corrected chi connectivity index (χ2v) is 6.01. The van der Waals surface area contributed by atoms with E-state index in [9.17, 15) is 4.79 Å². The smallest absolute Gasteiger partial charge is 0.253 e. The van der Waals surface area contributed by atoms with Crippen LogP contribution in [0.25, 0.3) is 0 Å². The molecule has 1 heterocycles. The average molecular weight is 326 g/mol. The Labute approximate surface area is 122 Å². The van der Waals surface area contributed by atoms with Gasteiger partial charge in [0.15, 0.2) is 0 Å². The van der Waals surface area contributed by atoms with Crippen molar-refractivity contribution in [2.24, 2.45) is 0 Å². The predicted octanol–water partition coefficient (Wildman–Crippen LogP) is 2.20. The number of carbonyl (C=O) groups is 1. The molecule has 1 aliphatic rings. The third kappa shape index (κ3) is 3.28. The van der Waals surface area contributed by atoms with Crippen molar-refractivity contribution in [1.82, 2.24) is 9.80 Å². The van der Waals surface area contributed by atoms with Gasteiger partial charge in [-0.1, -0.05) is 0 Å². The largest absolute Gasteiger partial charge is 0.398 e. The van der Waals surface area contributed by atoms with E-state index in [2.05, 4.69) is 34.7 Å². The van der Waals surface area contributed by atoms with Gasteiger partial charge >= 0.3 is 0 Å². The van der Waals surface area contributed by atoms with Crippen LogP contribution in [0.15, 0.2) is 22.7 Å². The molecular formula is C14H20BrN3O. The van der Waals surface area contributed by atoms with E-state index >= 15 is 0 Å². The van der Waals surface area contributed by atoms with Crippen molar-refractivity contribution in [3.8, 4) is 0 Å². The molecule has 104 valence electrons. The summed E-state index contributed by atoms with van der Waals surface area (Å²) in [5.74, 6) is 0.0871. The van der Waals surface area contributed by atoms with Crippen LogP contribution in [0, 0.1) is 0 Å². The van der Waals surface area contributed by atoms with E-state index in [1.54, 1.807) is 18.2 Å². The Bertz CT molecular complexity index is 468. The number of amides is 1. The molecule has 0 spiro atoms. The zero-order valence-electron chi connectivity index (χ0n) is 11.4. The summed E-state index contributed by atoms with van der Waals surface area (Å²) >= 11 is 3.36. The maximum Gasteiger partial charge on any atom is 0.253 e. The van der Waals surface area contributed by atoms with E-state index in [4.69, 9.17) is 5.73 Å². The Balaban J connectivity index is 2.03. The van der Waals surface area contributed by atoms with E-state index in [0.29, 0.717) is 17.3 Å². The number of halogens is 1. The molecule has 0 bridgehead atoms. The van der Waals surface area contributed by atoms with Crippen molar-refractivity contribution in [2.45, 2.75) is 19.9 Å². The highest BCUT2D eigenvalue weighted by Gasteiger charge is 2.23. The van der Waals surface area contributed by atoms with Crippen molar-refractivity contribution in [3.05, 3.63) is 28.2 Å². The summed E-state index contributed by atoms with van der Waals surface area (Å²) in [4.78, 5) is 16.7. The third-order valence-corrected chi connectivity index (χ3v) is 4.27. The molecule has 0 unspecified atom stereocenters. The van der Waals surface area contributed by atoms with Gasteiger partial charge in [-0.3, -0.25) is 9.69 Å². The zero-order valence-corrected chi connectivity index (χ0v) is 13.0.